The maximum absolute atomic E-state index is 12.5. The highest BCUT2D eigenvalue weighted by molar-refractivity contribution is 7.89. The molecule has 2 aromatic carbocycles. The predicted molar refractivity (Wildman–Crippen MR) is 118 cm³/mol. The average Bonchev–Trinajstić information content (AvgIpc) is 3.22. The molecule has 1 amide bonds. The van der Waals surface area contributed by atoms with Crippen molar-refractivity contribution < 1.29 is 13.2 Å². The van der Waals surface area contributed by atoms with Gasteiger partial charge in [-0.1, -0.05) is 24.3 Å². The van der Waals surface area contributed by atoms with Crippen molar-refractivity contribution in [1.29, 1.82) is 0 Å². The van der Waals surface area contributed by atoms with Crippen molar-refractivity contribution in [3.8, 4) is 0 Å². The second-order valence-electron chi connectivity index (χ2n) is 8.19. The quantitative estimate of drug-likeness (QED) is 0.712. The molecular weight excluding hydrogens is 398 g/mol. The van der Waals surface area contributed by atoms with Crippen molar-refractivity contribution in [3.63, 3.8) is 0 Å². The summed E-state index contributed by atoms with van der Waals surface area (Å²) in [6, 6.07) is 14.6. The summed E-state index contributed by atoms with van der Waals surface area (Å²) >= 11 is 0. The molecule has 1 aliphatic heterocycles. The second kappa shape index (κ2) is 9.29. The number of hydrogen-bond donors (Lipinski definition) is 2. The summed E-state index contributed by atoms with van der Waals surface area (Å²) in [5.74, 6) is 0.0276. The molecule has 0 unspecified atom stereocenters. The Bertz CT molecular complexity index is 984. The molecule has 2 N–H and O–H groups in total. The van der Waals surface area contributed by atoms with E-state index in [1.165, 1.54) is 17.5 Å². The van der Waals surface area contributed by atoms with Crippen LogP contribution in [0.4, 0.5) is 5.69 Å². The molecule has 160 valence electrons. The third kappa shape index (κ3) is 5.28. The van der Waals surface area contributed by atoms with Crippen molar-refractivity contribution in [1.82, 2.24) is 9.62 Å². The lowest BCUT2D eigenvalue weighted by Gasteiger charge is -2.32. The Balaban J connectivity index is 1.20. The first-order valence-corrected chi connectivity index (χ1v) is 12.2. The average molecular weight is 428 g/mol. The first-order chi connectivity index (χ1) is 14.5. The summed E-state index contributed by atoms with van der Waals surface area (Å²) in [5, 5.41) is 3.01. The number of piperidine rings is 1. The number of benzene rings is 2. The molecule has 2 aromatic rings. The van der Waals surface area contributed by atoms with E-state index in [2.05, 4.69) is 27.1 Å². The van der Waals surface area contributed by atoms with E-state index < -0.39 is 10.0 Å². The van der Waals surface area contributed by atoms with Crippen molar-refractivity contribution in [2.24, 2.45) is 0 Å². The molecule has 2 aliphatic rings. The van der Waals surface area contributed by atoms with Gasteiger partial charge in [-0.3, -0.25) is 4.79 Å². The molecule has 0 radical (unpaired) electrons. The van der Waals surface area contributed by atoms with Crippen molar-refractivity contribution in [2.75, 3.05) is 25.0 Å². The summed E-state index contributed by atoms with van der Waals surface area (Å²) in [6.45, 7) is 2.26. The zero-order chi connectivity index (χ0) is 21.0. The first kappa shape index (κ1) is 21.0. The van der Waals surface area contributed by atoms with Crippen LogP contribution in [0.3, 0.4) is 0 Å². The maximum Gasteiger partial charge on any atom is 0.240 e. The second-order valence-corrected chi connectivity index (χ2v) is 9.90. The first-order valence-electron chi connectivity index (χ1n) is 10.7. The summed E-state index contributed by atoms with van der Waals surface area (Å²) in [4.78, 5) is 14.9. The van der Waals surface area contributed by atoms with Gasteiger partial charge in [-0.05, 0) is 80.6 Å². The normalized spacial score (nSPS) is 17.6. The highest BCUT2D eigenvalue weighted by atomic mass is 32.2. The number of fused-ring (bicyclic) bond motifs is 1. The number of amides is 1. The number of carbonyl (C=O) groups is 1. The van der Waals surface area contributed by atoms with Gasteiger partial charge in [0.05, 0.1) is 4.90 Å². The van der Waals surface area contributed by atoms with E-state index in [0.717, 1.165) is 44.5 Å². The summed E-state index contributed by atoms with van der Waals surface area (Å²) < 4.78 is 27.7. The number of nitrogens with one attached hydrogen (secondary N) is 2. The molecule has 30 heavy (non-hydrogen) atoms. The summed E-state index contributed by atoms with van der Waals surface area (Å²) in [7, 11) is -3.47. The van der Waals surface area contributed by atoms with Gasteiger partial charge in [0.25, 0.3) is 0 Å². The Labute approximate surface area is 178 Å². The van der Waals surface area contributed by atoms with Crippen LogP contribution in [0, 0.1) is 0 Å². The van der Waals surface area contributed by atoms with Gasteiger partial charge in [0.15, 0.2) is 0 Å². The van der Waals surface area contributed by atoms with Crippen LogP contribution in [0.15, 0.2) is 53.4 Å². The van der Waals surface area contributed by atoms with Gasteiger partial charge in [0, 0.05) is 24.7 Å². The number of nitrogens with zero attached hydrogens (tertiary/aromatic N) is 1. The molecule has 1 fully saturated rings. The van der Waals surface area contributed by atoms with Crippen LogP contribution in [0.1, 0.15) is 36.8 Å². The van der Waals surface area contributed by atoms with E-state index in [4.69, 9.17) is 0 Å². The lowest BCUT2D eigenvalue weighted by Crippen LogP contribution is -2.45. The molecule has 0 aromatic heterocycles. The molecule has 0 saturated carbocycles. The van der Waals surface area contributed by atoms with Crippen LogP contribution >= 0.6 is 0 Å². The van der Waals surface area contributed by atoms with Gasteiger partial charge in [-0.15, -0.1) is 0 Å². The largest absolute Gasteiger partial charge is 0.326 e. The standard InChI is InChI=1S/C23H29N3O3S/c27-23(24-21-10-9-18-5-4-6-19(18)17-21)13-16-26-14-11-20(12-15-26)25-30(28,29)22-7-2-1-3-8-22/h1-3,7-10,17,20,25H,4-6,11-16H2,(H,24,27). The van der Waals surface area contributed by atoms with Gasteiger partial charge < -0.3 is 10.2 Å². The summed E-state index contributed by atoms with van der Waals surface area (Å²) in [6.07, 6.45) is 5.38. The van der Waals surface area contributed by atoms with Crippen LogP contribution < -0.4 is 10.0 Å². The minimum Gasteiger partial charge on any atom is -0.326 e. The molecule has 0 spiro atoms. The van der Waals surface area contributed by atoms with Crippen molar-refractivity contribution in [2.45, 2.75) is 49.5 Å². The van der Waals surface area contributed by atoms with Gasteiger partial charge in [0.2, 0.25) is 15.9 Å². The highest BCUT2D eigenvalue weighted by Gasteiger charge is 2.24. The Morgan fingerprint density at radius 3 is 2.50 bits per heavy atom. The van der Waals surface area contributed by atoms with E-state index >= 15 is 0 Å². The molecule has 6 nitrogen and oxygen atoms in total. The van der Waals surface area contributed by atoms with Crippen LogP contribution in [-0.4, -0.2) is 44.9 Å². The Morgan fingerprint density at radius 1 is 1.00 bits per heavy atom. The molecule has 7 heteroatoms. The monoisotopic (exact) mass is 427 g/mol. The van der Waals surface area contributed by atoms with Gasteiger partial charge in [-0.25, -0.2) is 13.1 Å². The predicted octanol–water partition coefficient (Wildman–Crippen LogP) is 2.95. The molecule has 4 rings (SSSR count). The number of aryl methyl sites for hydroxylation is 2. The number of sulfonamides is 1. The number of hydrogen-bond acceptors (Lipinski definition) is 4. The van der Waals surface area contributed by atoms with Gasteiger partial charge in [0.1, 0.15) is 0 Å². The highest BCUT2D eigenvalue weighted by Crippen LogP contribution is 2.25. The number of rotatable bonds is 7. The third-order valence-electron chi connectivity index (χ3n) is 6.00. The van der Waals surface area contributed by atoms with Gasteiger partial charge >= 0.3 is 0 Å². The Morgan fingerprint density at radius 2 is 1.73 bits per heavy atom. The van der Waals surface area contributed by atoms with Crippen molar-refractivity contribution in [3.05, 3.63) is 59.7 Å². The lowest BCUT2D eigenvalue weighted by atomic mass is 10.1. The van der Waals surface area contributed by atoms with E-state index in [-0.39, 0.29) is 11.9 Å². The molecule has 0 atom stereocenters. The molecular formula is C23H29N3O3S. The molecule has 1 heterocycles. The Kier molecular flexibility index (Phi) is 6.51. The molecule has 0 bridgehead atoms. The molecule has 1 saturated heterocycles. The number of carbonyl (C=O) groups excluding carboxylic acids is 1. The van der Waals surface area contributed by atoms with Crippen LogP contribution in [0.5, 0.6) is 0 Å². The smallest absolute Gasteiger partial charge is 0.240 e. The van der Waals surface area contributed by atoms with E-state index in [1.54, 1.807) is 30.3 Å². The Hall–Kier alpha value is -2.22. The van der Waals surface area contributed by atoms with Crippen LogP contribution in [0.2, 0.25) is 0 Å². The topological polar surface area (TPSA) is 78.5 Å². The minimum atomic E-state index is -3.47. The fraction of sp³-hybridized carbons (Fsp3) is 0.435. The maximum atomic E-state index is 12.5. The summed E-state index contributed by atoms with van der Waals surface area (Å²) in [5.41, 5.74) is 3.64. The van der Waals surface area contributed by atoms with Gasteiger partial charge in [-0.2, -0.15) is 0 Å². The number of likely N-dealkylation sites (tertiary alicyclic amines) is 1. The number of anilines is 1. The fourth-order valence-electron chi connectivity index (χ4n) is 4.29. The van der Waals surface area contributed by atoms with E-state index in [1.807, 2.05) is 6.07 Å². The lowest BCUT2D eigenvalue weighted by molar-refractivity contribution is -0.116. The third-order valence-corrected chi connectivity index (χ3v) is 7.54. The van der Waals surface area contributed by atoms with Crippen molar-refractivity contribution >= 4 is 21.6 Å². The fourth-order valence-corrected chi connectivity index (χ4v) is 5.62. The SMILES string of the molecule is O=C(CCN1CCC(NS(=O)(=O)c2ccccc2)CC1)Nc1ccc2c(c1)CCC2. The molecule has 1 aliphatic carbocycles. The van der Waals surface area contributed by atoms with Crippen LogP contribution in [-0.2, 0) is 27.7 Å². The van der Waals surface area contributed by atoms with Crippen LogP contribution in [0.25, 0.3) is 0 Å². The minimum absolute atomic E-state index is 0.0276. The zero-order valence-corrected chi connectivity index (χ0v) is 18.0. The zero-order valence-electron chi connectivity index (χ0n) is 17.1. The van der Waals surface area contributed by atoms with E-state index in [9.17, 15) is 13.2 Å². The van der Waals surface area contributed by atoms with E-state index in [0.29, 0.717) is 17.9 Å².